The van der Waals surface area contributed by atoms with Crippen molar-refractivity contribution in [3.05, 3.63) is 41.5 Å². The lowest BCUT2D eigenvalue weighted by atomic mass is 9.90. The molecule has 0 bridgehead atoms. The third-order valence-electron chi connectivity index (χ3n) is 5.40. The zero-order valence-electron chi connectivity index (χ0n) is 16.0. The minimum Gasteiger partial charge on any atom is -0.476 e. The van der Waals surface area contributed by atoms with E-state index in [4.69, 9.17) is 4.74 Å². The summed E-state index contributed by atoms with van der Waals surface area (Å²) >= 11 is 0. The normalized spacial score (nSPS) is 18.9. The second-order valence-corrected chi connectivity index (χ2v) is 7.74. The molecule has 27 heavy (non-hydrogen) atoms. The molecule has 2 aromatic rings. The average molecular weight is 369 g/mol. The largest absolute Gasteiger partial charge is 0.476 e. The first kappa shape index (κ1) is 18.0. The van der Waals surface area contributed by atoms with E-state index in [1.807, 2.05) is 26.1 Å². The highest BCUT2D eigenvalue weighted by Gasteiger charge is 2.44. The predicted octanol–water partition coefficient (Wildman–Crippen LogP) is 2.15. The predicted molar refractivity (Wildman–Crippen MR) is 101 cm³/mol. The number of aromatic amines is 1. The Bertz CT molecular complexity index is 791. The van der Waals surface area contributed by atoms with E-state index in [9.17, 15) is 4.79 Å². The second kappa shape index (κ2) is 7.31. The van der Waals surface area contributed by atoms with Crippen molar-refractivity contribution in [3.63, 3.8) is 0 Å². The summed E-state index contributed by atoms with van der Waals surface area (Å²) in [5.74, 6) is 1.25. The molecule has 0 unspecified atom stereocenters. The number of pyridine rings is 1. The van der Waals surface area contributed by atoms with Crippen LogP contribution in [0.4, 0.5) is 0 Å². The minimum atomic E-state index is -0.851. The summed E-state index contributed by atoms with van der Waals surface area (Å²) in [6, 6.07) is 5.87. The van der Waals surface area contributed by atoms with Crippen molar-refractivity contribution in [3.8, 4) is 5.75 Å². The average Bonchev–Trinajstić information content (AvgIpc) is 3.43. The van der Waals surface area contributed by atoms with Crippen LogP contribution in [0, 0.1) is 6.92 Å². The van der Waals surface area contributed by atoms with E-state index >= 15 is 0 Å². The van der Waals surface area contributed by atoms with E-state index in [1.165, 1.54) is 12.8 Å². The van der Waals surface area contributed by atoms with Crippen LogP contribution in [-0.4, -0.2) is 51.7 Å². The molecule has 2 N–H and O–H groups in total. The molecular formula is C20H27N5O2. The lowest BCUT2D eigenvalue weighted by Crippen LogP contribution is -2.56. The number of carbonyl (C=O) groups is 1. The summed E-state index contributed by atoms with van der Waals surface area (Å²) < 4.78 is 6.25. The molecule has 1 aliphatic heterocycles. The van der Waals surface area contributed by atoms with E-state index in [0.29, 0.717) is 31.1 Å². The standard InChI is InChI=1S/C20H27N5O2/c1-14-3-6-17(12-22-14)27-20(7-9-21-10-8-20)19(26)25(2)13-16-11-18(24-23-16)15-4-5-15/h3,6,11-12,15,21H,4-5,7-10,13H2,1-2H3,(H,23,24). The van der Waals surface area contributed by atoms with Gasteiger partial charge in [0.2, 0.25) is 0 Å². The smallest absolute Gasteiger partial charge is 0.266 e. The fourth-order valence-electron chi connectivity index (χ4n) is 3.65. The summed E-state index contributed by atoms with van der Waals surface area (Å²) in [5, 5.41) is 10.8. The quantitative estimate of drug-likeness (QED) is 0.815. The number of carbonyl (C=O) groups excluding carboxylic acids is 1. The molecule has 1 aliphatic carbocycles. The summed E-state index contributed by atoms with van der Waals surface area (Å²) in [6.45, 7) is 3.95. The highest BCUT2D eigenvalue weighted by molar-refractivity contribution is 5.85. The van der Waals surface area contributed by atoms with Crippen LogP contribution in [0.1, 0.15) is 48.7 Å². The number of aromatic nitrogens is 3. The number of likely N-dealkylation sites (N-methyl/N-ethyl adjacent to an activating group) is 1. The summed E-state index contributed by atoms with van der Waals surface area (Å²) in [4.78, 5) is 19.4. The molecule has 2 aromatic heterocycles. The zero-order valence-corrected chi connectivity index (χ0v) is 16.0. The Morgan fingerprint density at radius 2 is 2.11 bits per heavy atom. The first-order chi connectivity index (χ1) is 13.1. The molecule has 2 fully saturated rings. The molecular weight excluding hydrogens is 342 g/mol. The molecule has 1 amide bonds. The van der Waals surface area contributed by atoms with Crippen molar-refractivity contribution in [2.75, 3.05) is 20.1 Å². The van der Waals surface area contributed by atoms with Gasteiger partial charge < -0.3 is 15.0 Å². The number of hydrogen-bond donors (Lipinski definition) is 2. The van der Waals surface area contributed by atoms with Gasteiger partial charge in [-0.05, 0) is 51.1 Å². The number of piperidine rings is 1. The highest BCUT2D eigenvalue weighted by atomic mass is 16.5. The number of nitrogens with zero attached hydrogens (tertiary/aromatic N) is 3. The Morgan fingerprint density at radius 1 is 1.33 bits per heavy atom. The van der Waals surface area contributed by atoms with Gasteiger partial charge in [0.1, 0.15) is 5.75 Å². The number of aryl methyl sites for hydroxylation is 1. The van der Waals surface area contributed by atoms with Crippen molar-refractivity contribution in [2.24, 2.45) is 0 Å². The van der Waals surface area contributed by atoms with Crippen LogP contribution in [0.3, 0.4) is 0 Å². The van der Waals surface area contributed by atoms with Gasteiger partial charge in [-0.2, -0.15) is 5.10 Å². The minimum absolute atomic E-state index is 0.00662. The van der Waals surface area contributed by atoms with Gasteiger partial charge in [-0.1, -0.05) is 0 Å². The topological polar surface area (TPSA) is 83.1 Å². The molecule has 7 heteroatoms. The molecule has 7 nitrogen and oxygen atoms in total. The van der Waals surface area contributed by atoms with Crippen LogP contribution in [0.5, 0.6) is 5.75 Å². The summed E-state index contributed by atoms with van der Waals surface area (Å²) in [6.07, 6.45) is 5.41. The van der Waals surface area contributed by atoms with E-state index in [2.05, 4.69) is 26.6 Å². The van der Waals surface area contributed by atoms with Gasteiger partial charge >= 0.3 is 0 Å². The number of H-pyrrole nitrogens is 1. The number of amides is 1. The molecule has 1 saturated heterocycles. The first-order valence-corrected chi connectivity index (χ1v) is 9.68. The molecule has 0 aromatic carbocycles. The van der Waals surface area contributed by atoms with Gasteiger partial charge in [0.25, 0.3) is 5.91 Å². The Kier molecular flexibility index (Phi) is 4.86. The number of nitrogens with one attached hydrogen (secondary N) is 2. The Balaban J connectivity index is 1.49. The third-order valence-corrected chi connectivity index (χ3v) is 5.40. The number of ether oxygens (including phenoxy) is 1. The Morgan fingerprint density at radius 3 is 2.78 bits per heavy atom. The summed E-state index contributed by atoms with van der Waals surface area (Å²) in [5.41, 5.74) is 2.16. The lowest BCUT2D eigenvalue weighted by molar-refractivity contribution is -0.150. The molecule has 2 aliphatic rings. The molecule has 0 radical (unpaired) electrons. The third kappa shape index (κ3) is 3.98. The van der Waals surface area contributed by atoms with E-state index in [1.54, 1.807) is 11.1 Å². The van der Waals surface area contributed by atoms with Gasteiger partial charge in [0.15, 0.2) is 5.60 Å². The highest BCUT2D eigenvalue weighted by Crippen LogP contribution is 2.39. The van der Waals surface area contributed by atoms with Crippen LogP contribution in [-0.2, 0) is 11.3 Å². The van der Waals surface area contributed by atoms with Crippen LogP contribution < -0.4 is 10.1 Å². The molecule has 144 valence electrons. The summed E-state index contributed by atoms with van der Waals surface area (Å²) in [7, 11) is 1.83. The van der Waals surface area contributed by atoms with E-state index in [-0.39, 0.29) is 5.91 Å². The molecule has 1 saturated carbocycles. The van der Waals surface area contributed by atoms with Crippen LogP contribution in [0.15, 0.2) is 24.4 Å². The maximum atomic E-state index is 13.4. The van der Waals surface area contributed by atoms with Gasteiger partial charge in [-0.15, -0.1) is 0 Å². The van der Waals surface area contributed by atoms with E-state index in [0.717, 1.165) is 30.2 Å². The monoisotopic (exact) mass is 369 g/mol. The Labute approximate surface area is 159 Å². The fraction of sp³-hybridized carbons (Fsp3) is 0.550. The van der Waals surface area contributed by atoms with Gasteiger partial charge in [-0.25, -0.2) is 0 Å². The van der Waals surface area contributed by atoms with Crippen molar-refractivity contribution < 1.29 is 9.53 Å². The van der Waals surface area contributed by atoms with Crippen LogP contribution in [0.25, 0.3) is 0 Å². The van der Waals surface area contributed by atoms with Crippen molar-refractivity contribution in [2.45, 2.75) is 50.7 Å². The zero-order chi connectivity index (χ0) is 18.9. The number of rotatable bonds is 6. The first-order valence-electron chi connectivity index (χ1n) is 9.68. The lowest BCUT2D eigenvalue weighted by Gasteiger charge is -2.38. The molecule has 4 rings (SSSR count). The SMILES string of the molecule is Cc1ccc(OC2(C(=O)N(C)Cc3cc(C4CC4)n[nH]3)CCNCC2)cn1. The maximum Gasteiger partial charge on any atom is 0.266 e. The maximum absolute atomic E-state index is 13.4. The molecule has 3 heterocycles. The molecule has 0 atom stereocenters. The fourth-order valence-corrected chi connectivity index (χ4v) is 3.65. The van der Waals surface area contributed by atoms with E-state index < -0.39 is 5.60 Å². The van der Waals surface area contributed by atoms with Crippen LogP contribution >= 0.6 is 0 Å². The van der Waals surface area contributed by atoms with Crippen molar-refractivity contribution >= 4 is 5.91 Å². The number of hydrogen-bond acceptors (Lipinski definition) is 5. The van der Waals surface area contributed by atoms with Gasteiger partial charge in [0, 0.05) is 31.5 Å². The van der Waals surface area contributed by atoms with Gasteiger partial charge in [-0.3, -0.25) is 14.9 Å². The van der Waals surface area contributed by atoms with Crippen LogP contribution in [0.2, 0.25) is 0 Å². The Hall–Kier alpha value is -2.41. The second-order valence-electron chi connectivity index (χ2n) is 7.74. The van der Waals surface area contributed by atoms with Gasteiger partial charge in [0.05, 0.1) is 24.1 Å². The van der Waals surface area contributed by atoms with Crippen molar-refractivity contribution in [1.29, 1.82) is 0 Å². The van der Waals surface area contributed by atoms with Crippen molar-refractivity contribution in [1.82, 2.24) is 25.4 Å². The molecule has 0 spiro atoms.